The molecule has 0 saturated heterocycles. The first-order valence-corrected chi connectivity index (χ1v) is 4.99. The van der Waals surface area contributed by atoms with Crippen LogP contribution in [0.25, 0.3) is 0 Å². The van der Waals surface area contributed by atoms with Gasteiger partial charge in [0.25, 0.3) is 0 Å². The summed E-state index contributed by atoms with van der Waals surface area (Å²) in [5.74, 6) is -0.847. The molecule has 2 rings (SSSR count). The summed E-state index contributed by atoms with van der Waals surface area (Å²) in [4.78, 5) is 10.8. The lowest BCUT2D eigenvalue weighted by Gasteiger charge is -2.26. The van der Waals surface area contributed by atoms with E-state index < -0.39 is 5.97 Å². The monoisotopic (exact) mass is 194 g/mol. The van der Waals surface area contributed by atoms with Crippen LogP contribution >= 0.6 is 0 Å². The zero-order valence-corrected chi connectivity index (χ0v) is 7.97. The number of hydrogen-bond acceptors (Lipinski definition) is 2. The maximum absolute atomic E-state index is 10.8. The van der Waals surface area contributed by atoms with E-state index in [1.54, 1.807) is 6.20 Å². The molecule has 2 unspecified atom stereocenters. The molecule has 0 aliphatic heterocycles. The van der Waals surface area contributed by atoms with Crippen LogP contribution < -0.4 is 0 Å². The summed E-state index contributed by atoms with van der Waals surface area (Å²) in [5.41, 5.74) is 0. The van der Waals surface area contributed by atoms with Gasteiger partial charge in [-0.05, 0) is 25.3 Å². The average Bonchev–Trinajstić information content (AvgIpc) is 2.71. The first-order chi connectivity index (χ1) is 6.77. The summed E-state index contributed by atoms with van der Waals surface area (Å²) in [6.07, 6.45) is 7.22. The van der Waals surface area contributed by atoms with E-state index in [1.165, 1.54) is 0 Å². The standard InChI is InChI=1S/C10H14N2O2/c13-10(14)8-3-1-4-9(7-8)12-6-2-5-11-12/h2,5-6,8-9H,1,3-4,7H2,(H,13,14). The Balaban J connectivity index is 2.04. The molecule has 1 saturated carbocycles. The Labute approximate surface area is 82.5 Å². The highest BCUT2D eigenvalue weighted by molar-refractivity contribution is 5.70. The highest BCUT2D eigenvalue weighted by Crippen LogP contribution is 2.31. The summed E-state index contributed by atoms with van der Waals surface area (Å²) in [7, 11) is 0. The van der Waals surface area contributed by atoms with E-state index in [4.69, 9.17) is 5.11 Å². The SMILES string of the molecule is O=C(O)C1CCCC(n2cccn2)C1. The van der Waals surface area contributed by atoms with E-state index in [-0.39, 0.29) is 12.0 Å². The fourth-order valence-electron chi connectivity index (χ4n) is 2.13. The van der Waals surface area contributed by atoms with Crippen LogP contribution in [0.2, 0.25) is 0 Å². The quantitative estimate of drug-likeness (QED) is 0.779. The Kier molecular flexibility index (Phi) is 2.52. The van der Waals surface area contributed by atoms with Gasteiger partial charge in [0.15, 0.2) is 0 Å². The molecular weight excluding hydrogens is 180 g/mol. The molecule has 0 radical (unpaired) electrons. The van der Waals surface area contributed by atoms with Crippen molar-refractivity contribution in [2.75, 3.05) is 0 Å². The van der Waals surface area contributed by atoms with Crippen molar-refractivity contribution in [3.63, 3.8) is 0 Å². The van der Waals surface area contributed by atoms with Crippen molar-refractivity contribution < 1.29 is 9.90 Å². The van der Waals surface area contributed by atoms with Gasteiger partial charge in [0.1, 0.15) is 0 Å². The van der Waals surface area contributed by atoms with E-state index in [0.717, 1.165) is 25.7 Å². The van der Waals surface area contributed by atoms with Gasteiger partial charge in [-0.25, -0.2) is 0 Å². The zero-order valence-electron chi connectivity index (χ0n) is 7.97. The Morgan fingerprint density at radius 1 is 1.50 bits per heavy atom. The van der Waals surface area contributed by atoms with Crippen molar-refractivity contribution in [1.29, 1.82) is 0 Å². The van der Waals surface area contributed by atoms with E-state index in [0.29, 0.717) is 0 Å². The second kappa shape index (κ2) is 3.82. The molecule has 14 heavy (non-hydrogen) atoms. The lowest BCUT2D eigenvalue weighted by atomic mass is 9.86. The maximum Gasteiger partial charge on any atom is 0.306 e. The molecular formula is C10H14N2O2. The lowest BCUT2D eigenvalue weighted by molar-refractivity contribution is -0.143. The Morgan fingerprint density at radius 2 is 2.36 bits per heavy atom. The number of rotatable bonds is 2. The average molecular weight is 194 g/mol. The molecule has 0 amide bonds. The molecule has 1 aliphatic carbocycles. The third-order valence-electron chi connectivity index (χ3n) is 2.89. The van der Waals surface area contributed by atoms with Gasteiger partial charge in [0.2, 0.25) is 0 Å². The Hall–Kier alpha value is -1.32. The van der Waals surface area contributed by atoms with Gasteiger partial charge in [-0.2, -0.15) is 5.10 Å². The lowest BCUT2D eigenvalue weighted by Crippen LogP contribution is -2.24. The molecule has 76 valence electrons. The molecule has 1 aliphatic rings. The second-order valence-corrected chi connectivity index (χ2v) is 3.84. The Bertz CT molecular complexity index is 308. The number of aromatic nitrogens is 2. The van der Waals surface area contributed by atoms with Gasteiger partial charge in [-0.3, -0.25) is 9.48 Å². The van der Waals surface area contributed by atoms with Crippen LogP contribution in [0.5, 0.6) is 0 Å². The number of carboxylic acids is 1. The normalized spacial score (nSPS) is 27.4. The van der Waals surface area contributed by atoms with Crippen molar-refractivity contribution in [2.45, 2.75) is 31.7 Å². The largest absolute Gasteiger partial charge is 0.481 e. The predicted molar refractivity (Wildman–Crippen MR) is 50.9 cm³/mol. The van der Waals surface area contributed by atoms with Gasteiger partial charge in [0, 0.05) is 12.4 Å². The van der Waals surface area contributed by atoms with Crippen molar-refractivity contribution in [3.8, 4) is 0 Å². The molecule has 1 heterocycles. The minimum atomic E-state index is -0.665. The molecule has 2 atom stereocenters. The van der Waals surface area contributed by atoms with Crippen LogP contribution in [0.4, 0.5) is 0 Å². The van der Waals surface area contributed by atoms with Gasteiger partial charge >= 0.3 is 5.97 Å². The summed E-state index contributed by atoms with van der Waals surface area (Å²) in [6, 6.07) is 2.16. The third kappa shape index (κ3) is 1.78. The highest BCUT2D eigenvalue weighted by atomic mass is 16.4. The van der Waals surface area contributed by atoms with E-state index in [1.807, 2.05) is 16.9 Å². The summed E-state index contributed by atoms with van der Waals surface area (Å²) >= 11 is 0. The van der Waals surface area contributed by atoms with Crippen LogP contribution in [-0.2, 0) is 4.79 Å². The van der Waals surface area contributed by atoms with Crippen LogP contribution in [0.15, 0.2) is 18.5 Å². The van der Waals surface area contributed by atoms with Gasteiger partial charge < -0.3 is 5.11 Å². The molecule has 0 spiro atoms. The van der Waals surface area contributed by atoms with Crippen LogP contribution in [0.3, 0.4) is 0 Å². The Morgan fingerprint density at radius 3 is 3.00 bits per heavy atom. The molecule has 1 aromatic rings. The van der Waals surface area contributed by atoms with Gasteiger partial charge in [-0.1, -0.05) is 6.42 Å². The molecule has 4 heteroatoms. The third-order valence-corrected chi connectivity index (χ3v) is 2.89. The first kappa shape index (κ1) is 9.24. The number of hydrogen-bond donors (Lipinski definition) is 1. The molecule has 0 aromatic carbocycles. The molecule has 1 aromatic heterocycles. The van der Waals surface area contributed by atoms with Gasteiger partial charge in [0.05, 0.1) is 12.0 Å². The minimum Gasteiger partial charge on any atom is -0.481 e. The van der Waals surface area contributed by atoms with E-state index in [2.05, 4.69) is 5.10 Å². The first-order valence-electron chi connectivity index (χ1n) is 4.99. The molecule has 1 fully saturated rings. The van der Waals surface area contributed by atoms with Crippen molar-refractivity contribution in [2.24, 2.45) is 5.92 Å². The van der Waals surface area contributed by atoms with Crippen molar-refractivity contribution in [1.82, 2.24) is 9.78 Å². The minimum absolute atomic E-state index is 0.182. The maximum atomic E-state index is 10.8. The molecule has 0 bridgehead atoms. The van der Waals surface area contributed by atoms with Crippen molar-refractivity contribution in [3.05, 3.63) is 18.5 Å². The van der Waals surface area contributed by atoms with E-state index in [9.17, 15) is 4.79 Å². The fraction of sp³-hybridized carbons (Fsp3) is 0.600. The smallest absolute Gasteiger partial charge is 0.306 e. The fourth-order valence-corrected chi connectivity index (χ4v) is 2.13. The number of carbonyl (C=O) groups is 1. The zero-order chi connectivity index (χ0) is 9.97. The van der Waals surface area contributed by atoms with E-state index >= 15 is 0 Å². The van der Waals surface area contributed by atoms with Crippen molar-refractivity contribution >= 4 is 5.97 Å². The summed E-state index contributed by atoms with van der Waals surface area (Å²) < 4.78 is 1.88. The van der Waals surface area contributed by atoms with Crippen LogP contribution in [-0.4, -0.2) is 20.9 Å². The number of nitrogens with zero attached hydrogens (tertiary/aromatic N) is 2. The summed E-state index contributed by atoms with van der Waals surface area (Å²) in [5, 5.41) is 13.1. The number of carboxylic acid groups (broad SMARTS) is 1. The van der Waals surface area contributed by atoms with Crippen LogP contribution in [0.1, 0.15) is 31.7 Å². The molecule has 1 N–H and O–H groups in total. The van der Waals surface area contributed by atoms with Gasteiger partial charge in [-0.15, -0.1) is 0 Å². The predicted octanol–water partition coefficient (Wildman–Crippen LogP) is 1.70. The van der Waals surface area contributed by atoms with Crippen LogP contribution in [0, 0.1) is 5.92 Å². The second-order valence-electron chi connectivity index (χ2n) is 3.84. The molecule has 4 nitrogen and oxygen atoms in total. The summed E-state index contributed by atoms with van der Waals surface area (Å²) in [6.45, 7) is 0. The number of aliphatic carboxylic acids is 1. The highest BCUT2D eigenvalue weighted by Gasteiger charge is 2.27. The topological polar surface area (TPSA) is 55.1 Å².